The van der Waals surface area contributed by atoms with Crippen molar-refractivity contribution in [1.82, 2.24) is 15.2 Å². The zero-order chi connectivity index (χ0) is 24.2. The van der Waals surface area contributed by atoms with Crippen molar-refractivity contribution in [1.29, 1.82) is 0 Å². The fraction of sp³-hybridized carbons (Fsp3) is 0.143. The minimum absolute atomic E-state index is 0.197. The first kappa shape index (κ1) is 22.4. The lowest BCUT2D eigenvalue weighted by Crippen LogP contribution is -2.50. The summed E-state index contributed by atoms with van der Waals surface area (Å²) in [6, 6.07) is 23.2. The van der Waals surface area contributed by atoms with Crippen LogP contribution in [0.25, 0.3) is 17.0 Å². The van der Waals surface area contributed by atoms with Gasteiger partial charge in [-0.15, -0.1) is 0 Å². The van der Waals surface area contributed by atoms with Gasteiger partial charge in [-0.25, -0.2) is 4.39 Å². The van der Waals surface area contributed by atoms with Gasteiger partial charge in [-0.1, -0.05) is 48.5 Å². The Bertz CT molecular complexity index is 1390. The van der Waals surface area contributed by atoms with Crippen LogP contribution < -0.4 is 10.2 Å². The number of halogens is 1. The topological polar surface area (TPSA) is 68.4 Å². The monoisotopic (exact) mass is 468 g/mol. The van der Waals surface area contributed by atoms with E-state index in [0.29, 0.717) is 37.4 Å². The molecule has 1 saturated heterocycles. The van der Waals surface area contributed by atoms with Gasteiger partial charge < -0.3 is 20.1 Å². The highest BCUT2D eigenvalue weighted by molar-refractivity contribution is 6.06. The van der Waals surface area contributed by atoms with Crippen molar-refractivity contribution in [3.8, 4) is 0 Å². The minimum atomic E-state index is -0.352. The smallest absolute Gasteiger partial charge is 0.270 e. The van der Waals surface area contributed by atoms with Gasteiger partial charge in [-0.05, 0) is 36.4 Å². The van der Waals surface area contributed by atoms with Crippen LogP contribution in [0.4, 0.5) is 10.1 Å². The normalized spacial score (nSPS) is 14.3. The van der Waals surface area contributed by atoms with Gasteiger partial charge in [0.25, 0.3) is 11.8 Å². The summed E-state index contributed by atoms with van der Waals surface area (Å²) < 4.78 is 14.2. The van der Waals surface area contributed by atoms with E-state index in [0.717, 1.165) is 16.5 Å². The average Bonchev–Trinajstić information content (AvgIpc) is 3.31. The van der Waals surface area contributed by atoms with Crippen molar-refractivity contribution in [2.24, 2.45) is 0 Å². The first-order valence-electron chi connectivity index (χ1n) is 11.5. The number of hydrogen-bond acceptors (Lipinski definition) is 3. The number of piperazine rings is 1. The number of nitrogens with one attached hydrogen (secondary N) is 2. The number of aromatic nitrogens is 1. The number of hydrogen-bond donors (Lipinski definition) is 2. The summed E-state index contributed by atoms with van der Waals surface area (Å²) in [5.41, 5.74) is 2.95. The summed E-state index contributed by atoms with van der Waals surface area (Å²) in [6.07, 6.45) is 3.54. The van der Waals surface area contributed by atoms with Gasteiger partial charge in [0.15, 0.2) is 0 Å². The van der Waals surface area contributed by atoms with E-state index in [1.165, 1.54) is 6.07 Å². The molecule has 0 aliphatic carbocycles. The summed E-state index contributed by atoms with van der Waals surface area (Å²) in [4.78, 5) is 33.3. The third-order valence-electron chi connectivity index (χ3n) is 6.20. The SMILES string of the molecule is O=C(N/C(=C\c1c[nH]c2ccccc12)C(=O)N1CCN(c2ccccc2F)CC1)c1ccccc1. The Morgan fingerprint density at radius 1 is 0.857 bits per heavy atom. The molecule has 2 heterocycles. The van der Waals surface area contributed by atoms with Gasteiger partial charge in [0.2, 0.25) is 0 Å². The maximum atomic E-state index is 14.2. The molecule has 1 fully saturated rings. The lowest BCUT2D eigenvalue weighted by Gasteiger charge is -2.36. The Hall–Kier alpha value is -4.39. The number of amides is 2. The second-order valence-corrected chi connectivity index (χ2v) is 8.40. The molecule has 2 amide bonds. The fourth-order valence-electron chi connectivity index (χ4n) is 4.33. The highest BCUT2D eigenvalue weighted by atomic mass is 19.1. The highest BCUT2D eigenvalue weighted by Crippen LogP contribution is 2.23. The molecule has 0 unspecified atom stereocenters. The fourth-order valence-corrected chi connectivity index (χ4v) is 4.33. The second-order valence-electron chi connectivity index (χ2n) is 8.40. The van der Waals surface area contributed by atoms with Gasteiger partial charge >= 0.3 is 0 Å². The van der Waals surface area contributed by atoms with E-state index < -0.39 is 0 Å². The molecular formula is C28H25FN4O2. The summed E-state index contributed by atoms with van der Waals surface area (Å²) in [6.45, 7) is 1.83. The standard InChI is InChI=1S/C28H25FN4O2/c29-23-11-5-7-13-26(23)32-14-16-33(17-15-32)28(35)25(31-27(34)20-8-2-1-3-9-20)18-21-19-30-24-12-6-4-10-22(21)24/h1-13,18-19,30H,14-17H2,(H,31,34)/b25-18-. The lowest BCUT2D eigenvalue weighted by molar-refractivity contribution is -0.127. The number of H-pyrrole nitrogens is 1. The van der Waals surface area contributed by atoms with Gasteiger partial charge in [0, 0.05) is 54.4 Å². The predicted octanol–water partition coefficient (Wildman–Crippen LogP) is 4.43. The number of nitrogens with zero attached hydrogens (tertiary/aromatic N) is 2. The number of carbonyl (C=O) groups excluding carboxylic acids is 2. The Balaban J connectivity index is 1.40. The number of para-hydroxylation sites is 2. The maximum absolute atomic E-state index is 14.2. The average molecular weight is 469 g/mol. The third-order valence-corrected chi connectivity index (χ3v) is 6.20. The minimum Gasteiger partial charge on any atom is -0.366 e. The van der Waals surface area contributed by atoms with Crippen LogP contribution in [0.2, 0.25) is 0 Å². The molecule has 7 heteroatoms. The molecule has 5 rings (SSSR count). The number of fused-ring (bicyclic) bond motifs is 1. The number of benzene rings is 3. The molecule has 35 heavy (non-hydrogen) atoms. The second kappa shape index (κ2) is 9.85. The van der Waals surface area contributed by atoms with Crippen molar-refractivity contribution in [2.45, 2.75) is 0 Å². The van der Waals surface area contributed by atoms with E-state index in [-0.39, 0.29) is 23.3 Å². The summed E-state index contributed by atoms with van der Waals surface area (Å²) in [5.74, 6) is -0.898. The van der Waals surface area contributed by atoms with Gasteiger partial charge in [-0.3, -0.25) is 9.59 Å². The van der Waals surface area contributed by atoms with Crippen LogP contribution in [0.15, 0.2) is 90.8 Å². The van der Waals surface area contributed by atoms with E-state index in [4.69, 9.17) is 0 Å². The van der Waals surface area contributed by atoms with E-state index in [2.05, 4.69) is 10.3 Å². The number of anilines is 1. The predicted molar refractivity (Wildman–Crippen MR) is 135 cm³/mol. The summed E-state index contributed by atoms with van der Waals surface area (Å²) in [5, 5.41) is 3.78. The van der Waals surface area contributed by atoms with Crippen LogP contribution in [-0.4, -0.2) is 47.9 Å². The largest absolute Gasteiger partial charge is 0.366 e. The van der Waals surface area contributed by atoms with Gasteiger partial charge in [-0.2, -0.15) is 0 Å². The number of carbonyl (C=O) groups is 2. The molecule has 176 valence electrons. The van der Waals surface area contributed by atoms with Gasteiger partial charge in [0.05, 0.1) is 5.69 Å². The third kappa shape index (κ3) is 4.80. The van der Waals surface area contributed by atoms with Crippen molar-refractivity contribution in [3.05, 3.63) is 108 Å². The van der Waals surface area contributed by atoms with Crippen LogP contribution in [0.3, 0.4) is 0 Å². The van der Waals surface area contributed by atoms with E-state index in [9.17, 15) is 14.0 Å². The molecular weight excluding hydrogens is 443 g/mol. The van der Waals surface area contributed by atoms with Crippen molar-refractivity contribution >= 4 is 34.5 Å². The van der Waals surface area contributed by atoms with E-state index in [1.54, 1.807) is 53.4 Å². The molecule has 0 atom stereocenters. The molecule has 3 aromatic carbocycles. The molecule has 6 nitrogen and oxygen atoms in total. The van der Waals surface area contributed by atoms with E-state index >= 15 is 0 Å². The molecule has 1 aromatic heterocycles. The zero-order valence-electron chi connectivity index (χ0n) is 19.1. The van der Waals surface area contributed by atoms with Crippen LogP contribution in [0, 0.1) is 5.82 Å². The van der Waals surface area contributed by atoms with Crippen LogP contribution in [0.1, 0.15) is 15.9 Å². The van der Waals surface area contributed by atoms with Crippen molar-refractivity contribution in [3.63, 3.8) is 0 Å². The van der Waals surface area contributed by atoms with Crippen LogP contribution in [0.5, 0.6) is 0 Å². The Morgan fingerprint density at radius 2 is 1.54 bits per heavy atom. The molecule has 1 aliphatic rings. The molecule has 2 N–H and O–H groups in total. The molecule has 4 aromatic rings. The first-order chi connectivity index (χ1) is 17.1. The molecule has 0 spiro atoms. The molecule has 0 radical (unpaired) electrons. The van der Waals surface area contributed by atoms with Crippen LogP contribution in [-0.2, 0) is 4.79 Å². The van der Waals surface area contributed by atoms with Crippen LogP contribution >= 0.6 is 0 Å². The number of rotatable bonds is 5. The summed E-state index contributed by atoms with van der Waals surface area (Å²) >= 11 is 0. The number of aromatic amines is 1. The van der Waals surface area contributed by atoms with Gasteiger partial charge in [0.1, 0.15) is 11.5 Å². The quantitative estimate of drug-likeness (QED) is 0.426. The molecule has 0 bridgehead atoms. The summed E-state index contributed by atoms with van der Waals surface area (Å²) in [7, 11) is 0. The zero-order valence-corrected chi connectivity index (χ0v) is 19.1. The van der Waals surface area contributed by atoms with Crippen molar-refractivity contribution in [2.75, 3.05) is 31.1 Å². The highest BCUT2D eigenvalue weighted by Gasteiger charge is 2.26. The lowest BCUT2D eigenvalue weighted by atomic mass is 10.1. The Labute approximate surface area is 202 Å². The van der Waals surface area contributed by atoms with Crippen molar-refractivity contribution < 1.29 is 14.0 Å². The van der Waals surface area contributed by atoms with E-state index in [1.807, 2.05) is 41.4 Å². The Kier molecular flexibility index (Phi) is 6.30. The maximum Gasteiger partial charge on any atom is 0.270 e. The first-order valence-corrected chi connectivity index (χ1v) is 11.5. The molecule has 1 aliphatic heterocycles. The molecule has 0 saturated carbocycles. The Morgan fingerprint density at radius 3 is 2.31 bits per heavy atom.